The Morgan fingerprint density at radius 2 is 0.896 bits per heavy atom. The summed E-state index contributed by atoms with van der Waals surface area (Å²) in [6, 6.07) is 0. The molecule has 390 valence electrons. The Hall–Kier alpha value is -2.80. The highest BCUT2D eigenvalue weighted by atomic mass is 16.7. The molecule has 0 saturated carbocycles. The van der Waals surface area contributed by atoms with E-state index in [-0.39, 0.29) is 25.9 Å². The van der Waals surface area contributed by atoms with Crippen LogP contribution in [0.2, 0.25) is 0 Å². The average Bonchev–Trinajstić information content (AvgIpc) is 3.31. The number of hydrogen-bond acceptors (Lipinski definition) is 11. The Morgan fingerprint density at radius 3 is 1.37 bits per heavy atom. The fourth-order valence-electron chi connectivity index (χ4n) is 8.28. The summed E-state index contributed by atoms with van der Waals surface area (Å²) >= 11 is 0. The monoisotopic (exact) mass is 951 g/mol. The normalized spacial score (nSPS) is 19.0. The molecule has 0 radical (unpaired) electrons. The van der Waals surface area contributed by atoms with Crippen molar-refractivity contribution >= 4 is 23.9 Å². The summed E-state index contributed by atoms with van der Waals surface area (Å²) in [6.07, 6.45) is 36.1. The molecule has 1 aliphatic rings. The lowest BCUT2D eigenvalue weighted by Gasteiger charge is -2.40. The van der Waals surface area contributed by atoms with Crippen LogP contribution in [0.15, 0.2) is 24.3 Å². The molecule has 0 aromatic heterocycles. The van der Waals surface area contributed by atoms with E-state index in [1.165, 1.54) is 116 Å². The molecule has 0 bridgehead atoms. The zero-order valence-corrected chi connectivity index (χ0v) is 42.7. The number of rotatable bonds is 46. The molecule has 6 atom stereocenters. The number of carbonyl (C=O) groups is 4. The standard InChI is InChI=1S/C55H98O12/c1-4-7-10-13-16-19-20-21-22-23-24-25-26-27-28-31-34-37-40-43-49(58)66-53-51(60)50(59)52(54(61)62)67-55(53)64-45-46(65-48(57)42-39-36-33-30-18-15-12-9-6-3)44-63-47(56)41-38-35-32-29-17-14-11-8-5-2/h16,19,21-22,46,50-53,55,59-60H,4-15,17-18,20,23-45H2,1-3H3,(H,61,62)/b19-16-,22-21-. The molecule has 0 aliphatic carbocycles. The molecule has 1 heterocycles. The van der Waals surface area contributed by atoms with E-state index < -0.39 is 67.3 Å². The second-order valence-electron chi connectivity index (χ2n) is 18.9. The van der Waals surface area contributed by atoms with Crippen LogP contribution in [0.5, 0.6) is 0 Å². The zero-order chi connectivity index (χ0) is 49.0. The van der Waals surface area contributed by atoms with Gasteiger partial charge in [-0.25, -0.2) is 4.79 Å². The lowest BCUT2D eigenvalue weighted by Crippen LogP contribution is -2.61. The predicted octanol–water partition coefficient (Wildman–Crippen LogP) is 13.1. The van der Waals surface area contributed by atoms with E-state index >= 15 is 0 Å². The maximum atomic E-state index is 13.0. The van der Waals surface area contributed by atoms with Gasteiger partial charge in [0.2, 0.25) is 0 Å². The highest BCUT2D eigenvalue weighted by Crippen LogP contribution is 2.26. The molecule has 1 saturated heterocycles. The van der Waals surface area contributed by atoms with E-state index in [0.717, 1.165) is 77.0 Å². The van der Waals surface area contributed by atoms with Crippen molar-refractivity contribution < 1.29 is 58.2 Å². The van der Waals surface area contributed by atoms with Crippen LogP contribution in [0.1, 0.15) is 252 Å². The fraction of sp³-hybridized carbons (Fsp3) is 0.855. The predicted molar refractivity (Wildman–Crippen MR) is 266 cm³/mol. The molecule has 1 aliphatic heterocycles. The number of unbranched alkanes of at least 4 members (excludes halogenated alkanes) is 28. The van der Waals surface area contributed by atoms with E-state index in [1.807, 2.05) is 0 Å². The molecule has 0 spiro atoms. The first-order chi connectivity index (χ1) is 32.6. The number of esters is 3. The van der Waals surface area contributed by atoms with E-state index in [1.54, 1.807) is 0 Å². The number of carbonyl (C=O) groups excluding carboxylic acids is 3. The third-order valence-electron chi connectivity index (χ3n) is 12.5. The van der Waals surface area contributed by atoms with Crippen LogP contribution < -0.4 is 0 Å². The van der Waals surface area contributed by atoms with Crippen LogP contribution >= 0.6 is 0 Å². The number of hydrogen-bond donors (Lipinski definition) is 3. The van der Waals surface area contributed by atoms with Crippen LogP contribution in [-0.2, 0) is 42.9 Å². The van der Waals surface area contributed by atoms with Crippen molar-refractivity contribution in [2.75, 3.05) is 13.2 Å². The Bertz CT molecular complexity index is 1270. The lowest BCUT2D eigenvalue weighted by atomic mass is 9.98. The van der Waals surface area contributed by atoms with Gasteiger partial charge >= 0.3 is 23.9 Å². The van der Waals surface area contributed by atoms with Gasteiger partial charge in [-0.15, -0.1) is 0 Å². The van der Waals surface area contributed by atoms with Crippen LogP contribution in [0, 0.1) is 0 Å². The summed E-state index contributed by atoms with van der Waals surface area (Å²) in [7, 11) is 0. The first-order valence-corrected chi connectivity index (χ1v) is 27.3. The largest absolute Gasteiger partial charge is 0.479 e. The Labute approximate surface area is 407 Å². The third kappa shape index (κ3) is 35.0. The average molecular weight is 951 g/mol. The second-order valence-corrected chi connectivity index (χ2v) is 18.9. The number of carboxylic acid groups (broad SMARTS) is 1. The summed E-state index contributed by atoms with van der Waals surface area (Å²) in [5.74, 6) is -3.11. The van der Waals surface area contributed by atoms with Gasteiger partial charge < -0.3 is 39.0 Å². The van der Waals surface area contributed by atoms with Gasteiger partial charge in [-0.2, -0.15) is 0 Å². The topological polar surface area (TPSA) is 175 Å². The molecular weight excluding hydrogens is 853 g/mol. The maximum Gasteiger partial charge on any atom is 0.335 e. The minimum atomic E-state index is -1.90. The van der Waals surface area contributed by atoms with Gasteiger partial charge in [-0.1, -0.05) is 206 Å². The van der Waals surface area contributed by atoms with E-state index in [2.05, 4.69) is 45.1 Å². The number of carboxylic acids is 1. The SMILES string of the molecule is CCCCC/C=C\C/C=C\CCCCCCCCCCCC(=O)OC1C(OCC(COC(=O)CCCCCCCCCCC)OC(=O)CCCCCCCCCCC)OC(C(=O)O)C(O)C1O. The lowest BCUT2D eigenvalue weighted by molar-refractivity contribution is -0.301. The van der Waals surface area contributed by atoms with E-state index in [9.17, 15) is 34.5 Å². The summed E-state index contributed by atoms with van der Waals surface area (Å²) in [5.41, 5.74) is 0. The van der Waals surface area contributed by atoms with Gasteiger partial charge in [-0.3, -0.25) is 14.4 Å². The minimum Gasteiger partial charge on any atom is -0.479 e. The van der Waals surface area contributed by atoms with Gasteiger partial charge in [0.05, 0.1) is 6.61 Å². The molecule has 12 nitrogen and oxygen atoms in total. The van der Waals surface area contributed by atoms with Crippen molar-refractivity contribution in [3.8, 4) is 0 Å². The summed E-state index contributed by atoms with van der Waals surface area (Å²) < 4.78 is 28.3. The van der Waals surface area contributed by atoms with Crippen LogP contribution in [0.3, 0.4) is 0 Å². The smallest absolute Gasteiger partial charge is 0.335 e. The summed E-state index contributed by atoms with van der Waals surface area (Å²) in [6.45, 7) is 5.92. The fourth-order valence-corrected chi connectivity index (χ4v) is 8.28. The molecule has 3 N–H and O–H groups in total. The van der Waals surface area contributed by atoms with Gasteiger partial charge in [0.25, 0.3) is 0 Å². The van der Waals surface area contributed by atoms with Crippen molar-refractivity contribution in [2.24, 2.45) is 0 Å². The van der Waals surface area contributed by atoms with Crippen LogP contribution in [0.4, 0.5) is 0 Å². The number of aliphatic hydroxyl groups is 2. The van der Waals surface area contributed by atoms with Crippen molar-refractivity contribution in [1.29, 1.82) is 0 Å². The highest BCUT2D eigenvalue weighted by molar-refractivity contribution is 5.74. The molecule has 12 heteroatoms. The van der Waals surface area contributed by atoms with Gasteiger partial charge in [0.1, 0.15) is 18.8 Å². The molecule has 0 aromatic carbocycles. The minimum absolute atomic E-state index is 0.0601. The molecule has 6 unspecified atom stereocenters. The summed E-state index contributed by atoms with van der Waals surface area (Å²) in [5, 5.41) is 31.3. The van der Waals surface area contributed by atoms with E-state index in [4.69, 9.17) is 23.7 Å². The first-order valence-electron chi connectivity index (χ1n) is 27.3. The number of ether oxygens (including phenoxy) is 5. The number of aliphatic hydroxyl groups excluding tert-OH is 2. The highest BCUT2D eigenvalue weighted by Gasteiger charge is 2.50. The van der Waals surface area contributed by atoms with Crippen LogP contribution in [0.25, 0.3) is 0 Å². The Kier molecular flexibility index (Phi) is 41.2. The van der Waals surface area contributed by atoms with Gasteiger partial charge in [-0.05, 0) is 51.4 Å². The molecule has 1 rings (SSSR count). The summed E-state index contributed by atoms with van der Waals surface area (Å²) in [4.78, 5) is 50.7. The van der Waals surface area contributed by atoms with Gasteiger partial charge in [0.15, 0.2) is 24.6 Å². The van der Waals surface area contributed by atoms with Gasteiger partial charge in [0, 0.05) is 19.3 Å². The van der Waals surface area contributed by atoms with Crippen molar-refractivity contribution in [3.05, 3.63) is 24.3 Å². The third-order valence-corrected chi connectivity index (χ3v) is 12.5. The molecule has 0 aromatic rings. The number of allylic oxidation sites excluding steroid dienone is 4. The quantitative estimate of drug-likeness (QED) is 0.0228. The van der Waals surface area contributed by atoms with Crippen molar-refractivity contribution in [1.82, 2.24) is 0 Å². The Morgan fingerprint density at radius 1 is 0.493 bits per heavy atom. The first kappa shape index (κ1) is 62.2. The van der Waals surface area contributed by atoms with Crippen LogP contribution in [-0.4, -0.2) is 89.2 Å². The Balaban J connectivity index is 2.63. The molecule has 0 amide bonds. The molecule has 1 fully saturated rings. The van der Waals surface area contributed by atoms with Crippen molar-refractivity contribution in [3.63, 3.8) is 0 Å². The second kappa shape index (κ2) is 44.4. The molecular formula is C55H98O12. The number of aliphatic carboxylic acids is 1. The van der Waals surface area contributed by atoms with E-state index in [0.29, 0.717) is 19.3 Å². The maximum absolute atomic E-state index is 13.0. The molecule has 67 heavy (non-hydrogen) atoms. The van der Waals surface area contributed by atoms with Crippen molar-refractivity contribution in [2.45, 2.75) is 289 Å². The zero-order valence-electron chi connectivity index (χ0n) is 42.7.